The number of hydrogen-bond acceptors (Lipinski definition) is 3. The predicted octanol–water partition coefficient (Wildman–Crippen LogP) is 2.90. The first-order valence-electron chi connectivity index (χ1n) is 5.50. The Labute approximate surface area is 118 Å². The van der Waals surface area contributed by atoms with Crippen LogP contribution in [0.25, 0.3) is 0 Å². The highest BCUT2D eigenvalue weighted by atomic mass is 79.9. The second-order valence-electron chi connectivity index (χ2n) is 3.79. The van der Waals surface area contributed by atoms with Crippen LogP contribution in [0.5, 0.6) is 0 Å². The van der Waals surface area contributed by atoms with E-state index in [2.05, 4.69) is 21.2 Å². The minimum Gasteiger partial charge on any atom is -0.347 e. The molecule has 3 nitrogen and oxygen atoms in total. The van der Waals surface area contributed by atoms with Gasteiger partial charge >= 0.3 is 0 Å². The zero-order valence-electron chi connectivity index (χ0n) is 9.65. The van der Waals surface area contributed by atoms with E-state index in [4.69, 9.17) is 5.73 Å². The molecule has 5 heteroatoms. The van der Waals surface area contributed by atoms with Gasteiger partial charge in [-0.25, -0.2) is 0 Å². The Balaban J connectivity index is 1.94. The van der Waals surface area contributed by atoms with Gasteiger partial charge in [0.2, 0.25) is 0 Å². The third-order valence-corrected chi connectivity index (χ3v) is 4.13. The van der Waals surface area contributed by atoms with Crippen molar-refractivity contribution in [2.75, 3.05) is 0 Å². The molecule has 1 amide bonds. The van der Waals surface area contributed by atoms with Crippen molar-refractivity contribution >= 4 is 33.2 Å². The van der Waals surface area contributed by atoms with E-state index in [1.807, 2.05) is 24.3 Å². The Morgan fingerprint density at radius 1 is 1.22 bits per heavy atom. The average Bonchev–Trinajstić information content (AvgIpc) is 2.82. The molecule has 0 unspecified atom stereocenters. The second-order valence-corrected chi connectivity index (χ2v) is 6.34. The number of halogens is 1. The minimum atomic E-state index is -0.0666. The molecule has 0 aliphatic rings. The highest BCUT2D eigenvalue weighted by Gasteiger charge is 2.05. The van der Waals surface area contributed by atoms with Gasteiger partial charge in [0.25, 0.3) is 5.91 Å². The Hall–Kier alpha value is -1.17. The summed E-state index contributed by atoms with van der Waals surface area (Å²) in [4.78, 5) is 13.0. The van der Waals surface area contributed by atoms with E-state index in [-0.39, 0.29) is 5.91 Å². The van der Waals surface area contributed by atoms with Gasteiger partial charge in [0.15, 0.2) is 0 Å². The molecule has 0 radical (unpaired) electrons. The lowest BCUT2D eigenvalue weighted by atomic mass is 10.1. The fraction of sp³-hybridized carbons (Fsp3) is 0.154. The summed E-state index contributed by atoms with van der Waals surface area (Å²) in [6.07, 6.45) is 0. The minimum absolute atomic E-state index is 0.0666. The summed E-state index contributed by atoms with van der Waals surface area (Å²) in [6, 6.07) is 11.3. The first-order chi connectivity index (χ1) is 8.69. The van der Waals surface area contributed by atoms with Gasteiger partial charge in [0.1, 0.15) is 0 Å². The van der Waals surface area contributed by atoms with Crippen LogP contribution in [-0.2, 0) is 13.1 Å². The Bertz CT molecular complexity index is 536. The molecule has 2 aromatic rings. The largest absolute Gasteiger partial charge is 0.347 e. The summed E-state index contributed by atoms with van der Waals surface area (Å²) in [5.41, 5.74) is 7.19. The van der Waals surface area contributed by atoms with Crippen molar-refractivity contribution in [1.29, 1.82) is 0 Å². The van der Waals surface area contributed by atoms with E-state index in [9.17, 15) is 4.79 Å². The van der Waals surface area contributed by atoms with Gasteiger partial charge in [-0.15, -0.1) is 11.3 Å². The number of nitrogens with one attached hydrogen (secondary N) is 1. The molecule has 2 rings (SSSR count). The first-order valence-corrected chi connectivity index (χ1v) is 7.11. The number of hydrogen-bond donors (Lipinski definition) is 2. The maximum atomic E-state index is 11.9. The topological polar surface area (TPSA) is 55.1 Å². The van der Waals surface area contributed by atoms with Crippen LogP contribution in [0.1, 0.15) is 20.8 Å². The van der Waals surface area contributed by atoms with Crippen molar-refractivity contribution in [2.24, 2.45) is 5.73 Å². The molecule has 1 heterocycles. The number of carbonyl (C=O) groups excluding carboxylic acids is 1. The van der Waals surface area contributed by atoms with Gasteiger partial charge in [-0.2, -0.15) is 0 Å². The van der Waals surface area contributed by atoms with Crippen LogP contribution >= 0.6 is 27.3 Å². The first kappa shape index (κ1) is 13.3. The molecule has 1 aromatic heterocycles. The maximum Gasteiger partial charge on any atom is 0.251 e. The zero-order chi connectivity index (χ0) is 13.0. The maximum absolute atomic E-state index is 11.9. The van der Waals surface area contributed by atoms with Crippen LogP contribution in [-0.4, -0.2) is 5.91 Å². The van der Waals surface area contributed by atoms with Gasteiger partial charge in [0, 0.05) is 17.0 Å². The van der Waals surface area contributed by atoms with Gasteiger partial charge in [0.05, 0.1) is 10.3 Å². The second kappa shape index (κ2) is 6.13. The molecule has 0 saturated carbocycles. The predicted molar refractivity (Wildman–Crippen MR) is 77.5 cm³/mol. The molecule has 0 aliphatic carbocycles. The molecule has 0 spiro atoms. The lowest BCUT2D eigenvalue weighted by Crippen LogP contribution is -2.22. The molecule has 0 atom stereocenters. The number of rotatable bonds is 4. The van der Waals surface area contributed by atoms with Crippen molar-refractivity contribution in [3.63, 3.8) is 0 Å². The molecule has 1 aromatic carbocycles. The summed E-state index contributed by atoms with van der Waals surface area (Å²) < 4.78 is 1.07. The molecule has 0 fully saturated rings. The molecule has 3 N–H and O–H groups in total. The number of nitrogens with two attached hydrogens (primary N) is 1. The highest BCUT2D eigenvalue weighted by Crippen LogP contribution is 2.21. The van der Waals surface area contributed by atoms with Crippen molar-refractivity contribution in [3.05, 3.63) is 56.2 Å². The molecular formula is C13H13BrN2OS. The van der Waals surface area contributed by atoms with E-state index in [0.717, 1.165) is 14.2 Å². The fourth-order valence-electron chi connectivity index (χ4n) is 1.51. The lowest BCUT2D eigenvalue weighted by Gasteiger charge is -2.04. The van der Waals surface area contributed by atoms with Crippen LogP contribution in [0.2, 0.25) is 0 Å². The third kappa shape index (κ3) is 3.41. The van der Waals surface area contributed by atoms with Crippen molar-refractivity contribution < 1.29 is 4.79 Å². The standard InChI is InChI=1S/C13H13BrN2OS/c14-12-6-5-11(18-12)8-16-13(17)10-3-1-9(7-15)2-4-10/h1-6H,7-8,15H2,(H,16,17). The SMILES string of the molecule is NCc1ccc(C(=O)NCc2ccc(Br)s2)cc1. The van der Waals surface area contributed by atoms with Crippen molar-refractivity contribution in [1.82, 2.24) is 5.32 Å². The van der Waals surface area contributed by atoms with E-state index >= 15 is 0 Å². The lowest BCUT2D eigenvalue weighted by molar-refractivity contribution is 0.0951. The summed E-state index contributed by atoms with van der Waals surface area (Å²) >= 11 is 5.01. The summed E-state index contributed by atoms with van der Waals surface area (Å²) in [5.74, 6) is -0.0666. The number of benzene rings is 1. The molecule has 0 saturated heterocycles. The van der Waals surface area contributed by atoms with Crippen LogP contribution in [0.15, 0.2) is 40.2 Å². The monoisotopic (exact) mass is 324 g/mol. The highest BCUT2D eigenvalue weighted by molar-refractivity contribution is 9.11. The number of carbonyl (C=O) groups is 1. The van der Waals surface area contributed by atoms with Gasteiger partial charge in [-0.3, -0.25) is 4.79 Å². The van der Waals surface area contributed by atoms with Crippen LogP contribution < -0.4 is 11.1 Å². The zero-order valence-corrected chi connectivity index (χ0v) is 12.1. The van der Waals surface area contributed by atoms with Crippen molar-refractivity contribution in [3.8, 4) is 0 Å². The van der Waals surface area contributed by atoms with Gasteiger partial charge in [-0.1, -0.05) is 12.1 Å². The molecule has 0 bridgehead atoms. The van der Waals surface area contributed by atoms with Crippen LogP contribution in [0.4, 0.5) is 0 Å². The Morgan fingerprint density at radius 3 is 2.50 bits per heavy atom. The molecule has 94 valence electrons. The summed E-state index contributed by atoms with van der Waals surface area (Å²) in [6.45, 7) is 1.04. The Morgan fingerprint density at radius 2 is 1.94 bits per heavy atom. The van der Waals surface area contributed by atoms with Crippen molar-refractivity contribution in [2.45, 2.75) is 13.1 Å². The Kier molecular flexibility index (Phi) is 4.52. The van der Waals surface area contributed by atoms with Gasteiger partial charge < -0.3 is 11.1 Å². The summed E-state index contributed by atoms with van der Waals surface area (Å²) in [7, 11) is 0. The number of thiophene rings is 1. The van der Waals surface area contributed by atoms with E-state index < -0.39 is 0 Å². The quantitative estimate of drug-likeness (QED) is 0.908. The van der Waals surface area contributed by atoms with Crippen LogP contribution in [0.3, 0.4) is 0 Å². The van der Waals surface area contributed by atoms with Gasteiger partial charge in [-0.05, 0) is 45.8 Å². The van der Waals surface area contributed by atoms with Crippen LogP contribution in [0, 0.1) is 0 Å². The molecular weight excluding hydrogens is 312 g/mol. The van der Waals surface area contributed by atoms with E-state index in [1.165, 1.54) is 0 Å². The molecule has 18 heavy (non-hydrogen) atoms. The normalized spacial score (nSPS) is 10.3. The smallest absolute Gasteiger partial charge is 0.251 e. The van der Waals surface area contributed by atoms with E-state index in [0.29, 0.717) is 18.7 Å². The van der Waals surface area contributed by atoms with E-state index in [1.54, 1.807) is 23.5 Å². The molecule has 0 aliphatic heterocycles. The average molecular weight is 325 g/mol. The third-order valence-electron chi connectivity index (χ3n) is 2.50. The number of amides is 1. The fourth-order valence-corrected chi connectivity index (χ4v) is 2.93. The summed E-state index contributed by atoms with van der Waals surface area (Å²) in [5, 5.41) is 2.89.